The summed E-state index contributed by atoms with van der Waals surface area (Å²) in [6.07, 6.45) is 0.856. The minimum Gasteiger partial charge on any atom is -0.469 e. The number of carbonyl (C=O) groups is 2. The number of ether oxygens (including phenoxy) is 2. The fraction of sp³-hybridized carbons (Fsp3) is 0.438. The third kappa shape index (κ3) is 4.60. The number of methoxy groups -OCH3 is 2. The minimum atomic E-state index is -0.899. The second-order valence-corrected chi connectivity index (χ2v) is 4.71. The van der Waals surface area contributed by atoms with Crippen LogP contribution in [0.4, 0.5) is 0 Å². The molecule has 0 aliphatic heterocycles. The number of carbonyl (C=O) groups excluding carboxylic acids is 2. The molecule has 0 aliphatic rings. The van der Waals surface area contributed by atoms with Crippen molar-refractivity contribution in [1.82, 2.24) is 0 Å². The van der Waals surface area contributed by atoms with E-state index < -0.39 is 5.41 Å². The summed E-state index contributed by atoms with van der Waals surface area (Å²) in [6, 6.07) is 11.5. The van der Waals surface area contributed by atoms with Gasteiger partial charge in [0.1, 0.15) is 0 Å². The normalized spacial score (nSPS) is 10.5. The van der Waals surface area contributed by atoms with Crippen LogP contribution in [-0.4, -0.2) is 26.2 Å². The van der Waals surface area contributed by atoms with Crippen LogP contribution in [0.15, 0.2) is 30.3 Å². The fourth-order valence-corrected chi connectivity index (χ4v) is 2.18. The Labute approximate surface area is 124 Å². The van der Waals surface area contributed by atoms with Crippen LogP contribution in [-0.2, 0) is 24.5 Å². The lowest BCUT2D eigenvalue weighted by Crippen LogP contribution is -2.27. The first-order valence-electron chi connectivity index (χ1n) is 6.68. The molecule has 21 heavy (non-hydrogen) atoms. The van der Waals surface area contributed by atoms with Gasteiger partial charge in [-0.3, -0.25) is 9.59 Å². The highest BCUT2D eigenvalue weighted by molar-refractivity contribution is 5.70. The summed E-state index contributed by atoms with van der Waals surface area (Å²) in [5, 5.41) is 9.65. The Morgan fingerprint density at radius 1 is 1.05 bits per heavy atom. The lowest BCUT2D eigenvalue weighted by molar-refractivity contribution is -0.141. The van der Waals surface area contributed by atoms with Gasteiger partial charge in [0.05, 0.1) is 25.7 Å². The van der Waals surface area contributed by atoms with Gasteiger partial charge in [0.25, 0.3) is 0 Å². The van der Waals surface area contributed by atoms with Crippen LogP contribution >= 0.6 is 0 Å². The molecule has 0 saturated carbocycles. The third-order valence-corrected chi connectivity index (χ3v) is 3.51. The van der Waals surface area contributed by atoms with Gasteiger partial charge in [-0.1, -0.05) is 30.3 Å². The molecule has 0 fully saturated rings. The number of esters is 2. The predicted octanol–water partition coefficient (Wildman–Crippen LogP) is 2.35. The molecule has 0 bridgehead atoms. The van der Waals surface area contributed by atoms with Gasteiger partial charge in [-0.25, -0.2) is 0 Å². The first-order chi connectivity index (χ1) is 10.1. The lowest BCUT2D eigenvalue weighted by atomic mass is 9.74. The van der Waals surface area contributed by atoms with E-state index in [-0.39, 0.29) is 24.8 Å². The number of hydrogen-bond donors (Lipinski definition) is 0. The van der Waals surface area contributed by atoms with E-state index in [2.05, 4.69) is 15.5 Å². The van der Waals surface area contributed by atoms with E-state index in [1.807, 2.05) is 30.3 Å². The van der Waals surface area contributed by atoms with Gasteiger partial charge >= 0.3 is 11.9 Å². The lowest BCUT2D eigenvalue weighted by Gasteiger charge is -2.26. The third-order valence-electron chi connectivity index (χ3n) is 3.51. The molecule has 0 saturated heterocycles. The Kier molecular flexibility index (Phi) is 6.41. The van der Waals surface area contributed by atoms with Crippen molar-refractivity contribution in [2.45, 2.75) is 31.1 Å². The van der Waals surface area contributed by atoms with Crippen molar-refractivity contribution in [3.8, 4) is 6.07 Å². The Balaban J connectivity index is 2.98. The summed E-state index contributed by atoms with van der Waals surface area (Å²) < 4.78 is 9.27. The van der Waals surface area contributed by atoms with Gasteiger partial charge in [0.2, 0.25) is 0 Å². The van der Waals surface area contributed by atoms with Gasteiger partial charge < -0.3 is 9.47 Å². The molecule has 0 radical (unpaired) electrons. The second-order valence-electron chi connectivity index (χ2n) is 4.71. The van der Waals surface area contributed by atoms with Crippen molar-refractivity contribution >= 4 is 11.9 Å². The molecule has 0 amide bonds. The molecule has 1 aromatic rings. The van der Waals surface area contributed by atoms with Crippen molar-refractivity contribution in [3.63, 3.8) is 0 Å². The Hall–Kier alpha value is -2.35. The molecule has 0 aliphatic carbocycles. The zero-order chi connectivity index (χ0) is 15.7. The van der Waals surface area contributed by atoms with E-state index in [1.54, 1.807) is 0 Å². The van der Waals surface area contributed by atoms with Crippen LogP contribution in [0.25, 0.3) is 0 Å². The summed E-state index contributed by atoms with van der Waals surface area (Å²) >= 11 is 0. The van der Waals surface area contributed by atoms with Gasteiger partial charge in [0, 0.05) is 12.8 Å². The molecule has 0 atom stereocenters. The average Bonchev–Trinajstić information content (AvgIpc) is 2.55. The van der Waals surface area contributed by atoms with Crippen molar-refractivity contribution in [2.75, 3.05) is 14.2 Å². The Morgan fingerprint density at radius 3 is 1.90 bits per heavy atom. The molecule has 5 nitrogen and oxygen atoms in total. The highest BCUT2D eigenvalue weighted by Crippen LogP contribution is 2.34. The molecule has 1 rings (SSSR count). The van der Waals surface area contributed by atoms with Gasteiger partial charge in [-0.2, -0.15) is 5.26 Å². The van der Waals surface area contributed by atoms with Gasteiger partial charge in [-0.15, -0.1) is 0 Å². The number of nitriles is 1. The molecule has 0 unspecified atom stereocenters. The maximum atomic E-state index is 11.4. The van der Waals surface area contributed by atoms with Crippen molar-refractivity contribution in [2.24, 2.45) is 0 Å². The van der Waals surface area contributed by atoms with Crippen LogP contribution in [0.1, 0.15) is 31.2 Å². The number of rotatable bonds is 7. The molecular formula is C16H19NO4. The van der Waals surface area contributed by atoms with Crippen molar-refractivity contribution < 1.29 is 19.1 Å². The highest BCUT2D eigenvalue weighted by atomic mass is 16.5. The SMILES string of the molecule is COC(=O)CCC(C#N)(CCC(=O)OC)c1ccccc1. The molecule has 0 spiro atoms. The predicted molar refractivity (Wildman–Crippen MR) is 76.2 cm³/mol. The number of hydrogen-bond acceptors (Lipinski definition) is 5. The first-order valence-corrected chi connectivity index (χ1v) is 6.68. The van der Waals surface area contributed by atoms with Gasteiger partial charge in [-0.05, 0) is 18.4 Å². The van der Waals surface area contributed by atoms with Crippen molar-refractivity contribution in [1.29, 1.82) is 5.26 Å². The molecule has 0 heterocycles. The van der Waals surface area contributed by atoms with E-state index in [9.17, 15) is 14.9 Å². The van der Waals surface area contributed by atoms with Crippen LogP contribution in [0.5, 0.6) is 0 Å². The van der Waals surface area contributed by atoms with E-state index in [4.69, 9.17) is 0 Å². The Morgan fingerprint density at radius 2 is 1.52 bits per heavy atom. The molecule has 5 heteroatoms. The second kappa shape index (κ2) is 8.05. The quantitative estimate of drug-likeness (QED) is 0.720. The van der Waals surface area contributed by atoms with Crippen LogP contribution in [0.2, 0.25) is 0 Å². The van der Waals surface area contributed by atoms with E-state index >= 15 is 0 Å². The molecular weight excluding hydrogens is 270 g/mol. The zero-order valence-corrected chi connectivity index (χ0v) is 12.3. The maximum Gasteiger partial charge on any atom is 0.305 e. The summed E-state index contributed by atoms with van der Waals surface area (Å²) in [7, 11) is 2.63. The molecule has 0 aromatic heterocycles. The summed E-state index contributed by atoms with van der Waals surface area (Å²) in [5.41, 5.74) is -0.107. The largest absolute Gasteiger partial charge is 0.469 e. The first kappa shape index (κ1) is 16.7. The molecule has 1 aromatic carbocycles. The summed E-state index contributed by atoms with van der Waals surface area (Å²) in [6.45, 7) is 0. The topological polar surface area (TPSA) is 76.4 Å². The van der Waals surface area contributed by atoms with E-state index in [0.717, 1.165) is 5.56 Å². The maximum absolute atomic E-state index is 11.4. The Bertz CT molecular complexity index is 499. The minimum absolute atomic E-state index is 0.125. The smallest absolute Gasteiger partial charge is 0.305 e. The monoisotopic (exact) mass is 289 g/mol. The van der Waals surface area contributed by atoms with Crippen LogP contribution in [0, 0.1) is 11.3 Å². The standard InChI is InChI=1S/C16H19NO4/c1-20-14(18)8-10-16(12-17,11-9-15(19)21-2)13-6-4-3-5-7-13/h3-7H,8-11H2,1-2H3. The zero-order valence-electron chi connectivity index (χ0n) is 12.3. The van der Waals surface area contributed by atoms with Crippen LogP contribution in [0.3, 0.4) is 0 Å². The van der Waals surface area contributed by atoms with Gasteiger partial charge in [0.15, 0.2) is 0 Å². The van der Waals surface area contributed by atoms with Crippen molar-refractivity contribution in [3.05, 3.63) is 35.9 Å². The van der Waals surface area contributed by atoms with E-state index in [0.29, 0.717) is 12.8 Å². The van der Waals surface area contributed by atoms with Crippen LogP contribution < -0.4 is 0 Å². The molecule has 0 N–H and O–H groups in total. The molecule has 112 valence electrons. The van der Waals surface area contributed by atoms with E-state index in [1.165, 1.54) is 14.2 Å². The number of nitrogens with zero attached hydrogens (tertiary/aromatic N) is 1. The highest BCUT2D eigenvalue weighted by Gasteiger charge is 2.33. The summed E-state index contributed by atoms with van der Waals surface area (Å²) in [5.74, 6) is -0.743. The average molecular weight is 289 g/mol. The number of benzene rings is 1. The summed E-state index contributed by atoms with van der Waals surface area (Å²) in [4.78, 5) is 22.8. The fourth-order valence-electron chi connectivity index (χ4n) is 2.18.